The van der Waals surface area contributed by atoms with Gasteiger partial charge in [-0.15, -0.1) is 0 Å². The molecule has 0 radical (unpaired) electrons. The van der Waals surface area contributed by atoms with Gasteiger partial charge in [-0.1, -0.05) is 38.3 Å². The van der Waals surface area contributed by atoms with Crippen LogP contribution < -0.4 is 0 Å². The van der Waals surface area contributed by atoms with E-state index in [9.17, 15) is 0 Å². The minimum atomic E-state index is 0.546. The smallest absolute Gasteiger partial charge is 0.133 e. The number of aromatic nitrogens is 2. The van der Waals surface area contributed by atoms with Crippen molar-refractivity contribution in [3.8, 4) is 0 Å². The average Bonchev–Trinajstić information content (AvgIpc) is 2.67. The molecule has 2 rings (SSSR count). The quantitative estimate of drug-likeness (QED) is 0.745. The molecule has 1 aliphatic rings. The summed E-state index contributed by atoms with van der Waals surface area (Å²) in [4.78, 5) is 9.04. The molecule has 1 aromatic rings. The van der Waals surface area contributed by atoms with Gasteiger partial charge in [-0.05, 0) is 31.2 Å². The molecule has 0 aromatic carbocycles. The van der Waals surface area contributed by atoms with Gasteiger partial charge in [0.2, 0.25) is 0 Å². The van der Waals surface area contributed by atoms with E-state index < -0.39 is 0 Å². The van der Waals surface area contributed by atoms with Gasteiger partial charge < -0.3 is 0 Å². The van der Waals surface area contributed by atoms with Gasteiger partial charge in [0.25, 0.3) is 0 Å². The second-order valence-corrected chi connectivity index (χ2v) is 5.51. The molecule has 88 valence electrons. The first-order valence-corrected chi connectivity index (χ1v) is 6.56. The van der Waals surface area contributed by atoms with Gasteiger partial charge in [-0.2, -0.15) is 0 Å². The second-order valence-electron chi connectivity index (χ2n) is 5.12. The Morgan fingerprint density at radius 2 is 2.00 bits per heavy atom. The van der Waals surface area contributed by atoms with Gasteiger partial charge in [0.1, 0.15) is 11.0 Å². The molecule has 0 aliphatic heterocycles. The van der Waals surface area contributed by atoms with Crippen LogP contribution in [0, 0.1) is 5.92 Å². The first-order chi connectivity index (χ1) is 7.65. The van der Waals surface area contributed by atoms with Crippen LogP contribution in [0.3, 0.4) is 0 Å². The summed E-state index contributed by atoms with van der Waals surface area (Å²) in [6, 6.07) is 1.90. The second kappa shape index (κ2) is 5.13. The fourth-order valence-electron chi connectivity index (χ4n) is 2.37. The van der Waals surface area contributed by atoms with Crippen molar-refractivity contribution in [3.05, 3.63) is 22.7 Å². The Kier molecular flexibility index (Phi) is 3.80. The molecule has 1 aliphatic carbocycles. The highest BCUT2D eigenvalue weighted by Gasteiger charge is 2.20. The highest BCUT2D eigenvalue weighted by atomic mass is 35.5. The zero-order chi connectivity index (χ0) is 11.5. The Morgan fingerprint density at radius 3 is 2.62 bits per heavy atom. The van der Waals surface area contributed by atoms with Gasteiger partial charge in [0.05, 0.1) is 0 Å². The van der Waals surface area contributed by atoms with Gasteiger partial charge in [-0.25, -0.2) is 9.97 Å². The lowest BCUT2D eigenvalue weighted by molar-refractivity contribution is 0.613. The number of hydrogen-bond acceptors (Lipinski definition) is 2. The van der Waals surface area contributed by atoms with Crippen LogP contribution in [0.4, 0.5) is 0 Å². The Morgan fingerprint density at radius 1 is 1.31 bits per heavy atom. The zero-order valence-electron chi connectivity index (χ0n) is 10.0. The lowest BCUT2D eigenvalue weighted by Gasteiger charge is -2.11. The SMILES string of the molecule is CC(C)Cc1cc(Cl)nc(C2CCCC2)n1. The summed E-state index contributed by atoms with van der Waals surface area (Å²) in [6.45, 7) is 4.40. The molecule has 2 nitrogen and oxygen atoms in total. The molecule has 0 spiro atoms. The fourth-order valence-corrected chi connectivity index (χ4v) is 2.59. The van der Waals surface area contributed by atoms with Gasteiger partial charge in [0.15, 0.2) is 0 Å². The molecule has 1 fully saturated rings. The van der Waals surface area contributed by atoms with Crippen molar-refractivity contribution in [2.75, 3.05) is 0 Å². The predicted molar refractivity (Wildman–Crippen MR) is 66.8 cm³/mol. The number of hydrogen-bond donors (Lipinski definition) is 0. The Balaban J connectivity index is 2.20. The van der Waals surface area contributed by atoms with E-state index in [-0.39, 0.29) is 0 Å². The maximum Gasteiger partial charge on any atom is 0.133 e. The van der Waals surface area contributed by atoms with Crippen molar-refractivity contribution < 1.29 is 0 Å². The molecular weight excluding hydrogens is 220 g/mol. The van der Waals surface area contributed by atoms with Gasteiger partial charge >= 0.3 is 0 Å². The predicted octanol–water partition coefficient (Wildman–Crippen LogP) is 3.99. The molecule has 1 aromatic heterocycles. The van der Waals surface area contributed by atoms with Crippen molar-refractivity contribution >= 4 is 11.6 Å². The van der Waals surface area contributed by atoms with E-state index in [0.29, 0.717) is 17.0 Å². The van der Waals surface area contributed by atoms with E-state index in [1.54, 1.807) is 0 Å². The summed E-state index contributed by atoms with van der Waals surface area (Å²) in [5, 5.41) is 0.604. The van der Waals surface area contributed by atoms with Crippen molar-refractivity contribution in [2.24, 2.45) is 5.92 Å². The number of halogens is 1. The maximum atomic E-state index is 6.06. The van der Waals surface area contributed by atoms with Gasteiger partial charge in [-0.3, -0.25) is 0 Å². The molecule has 0 unspecified atom stereocenters. The molecule has 0 amide bonds. The molecule has 3 heteroatoms. The van der Waals surface area contributed by atoms with Crippen molar-refractivity contribution in [3.63, 3.8) is 0 Å². The first-order valence-electron chi connectivity index (χ1n) is 6.18. The molecular formula is C13H19ClN2. The fraction of sp³-hybridized carbons (Fsp3) is 0.692. The largest absolute Gasteiger partial charge is 0.238 e. The van der Waals surface area contributed by atoms with Gasteiger partial charge in [0, 0.05) is 11.6 Å². The Labute approximate surface area is 102 Å². The van der Waals surface area contributed by atoms with Crippen LogP contribution in [-0.4, -0.2) is 9.97 Å². The Hall–Kier alpha value is -0.630. The summed E-state index contributed by atoms with van der Waals surface area (Å²) >= 11 is 6.06. The van der Waals surface area contributed by atoms with E-state index in [1.807, 2.05) is 6.07 Å². The molecule has 0 saturated heterocycles. The van der Waals surface area contributed by atoms with Crippen LogP contribution in [0.25, 0.3) is 0 Å². The number of rotatable bonds is 3. The highest BCUT2D eigenvalue weighted by Crippen LogP contribution is 2.32. The average molecular weight is 239 g/mol. The molecule has 0 atom stereocenters. The van der Waals surface area contributed by atoms with Crippen LogP contribution in [0.5, 0.6) is 0 Å². The van der Waals surface area contributed by atoms with E-state index in [2.05, 4.69) is 23.8 Å². The topological polar surface area (TPSA) is 25.8 Å². The normalized spacial score (nSPS) is 17.2. The molecule has 0 N–H and O–H groups in total. The summed E-state index contributed by atoms with van der Waals surface area (Å²) in [7, 11) is 0. The third kappa shape index (κ3) is 2.94. The van der Waals surface area contributed by atoms with Crippen LogP contribution in [0.2, 0.25) is 5.15 Å². The van der Waals surface area contributed by atoms with E-state index in [1.165, 1.54) is 25.7 Å². The van der Waals surface area contributed by atoms with Crippen LogP contribution >= 0.6 is 11.6 Å². The molecule has 0 bridgehead atoms. The maximum absolute atomic E-state index is 6.06. The Bertz CT molecular complexity index is 357. The van der Waals surface area contributed by atoms with E-state index >= 15 is 0 Å². The monoisotopic (exact) mass is 238 g/mol. The third-order valence-electron chi connectivity index (χ3n) is 3.10. The molecule has 1 heterocycles. The summed E-state index contributed by atoms with van der Waals surface area (Å²) in [5.74, 6) is 2.13. The summed E-state index contributed by atoms with van der Waals surface area (Å²) in [6.07, 6.45) is 6.05. The molecule has 1 saturated carbocycles. The number of nitrogens with zero attached hydrogens (tertiary/aromatic N) is 2. The molecule has 16 heavy (non-hydrogen) atoms. The third-order valence-corrected chi connectivity index (χ3v) is 3.30. The van der Waals surface area contributed by atoms with Crippen LogP contribution in [-0.2, 0) is 6.42 Å². The first kappa shape index (κ1) is 11.8. The lowest BCUT2D eigenvalue weighted by Crippen LogP contribution is -2.06. The van der Waals surface area contributed by atoms with Crippen molar-refractivity contribution in [2.45, 2.75) is 51.9 Å². The van der Waals surface area contributed by atoms with E-state index in [0.717, 1.165) is 17.9 Å². The van der Waals surface area contributed by atoms with Crippen molar-refractivity contribution in [1.82, 2.24) is 9.97 Å². The summed E-state index contributed by atoms with van der Waals surface area (Å²) in [5.41, 5.74) is 1.09. The summed E-state index contributed by atoms with van der Waals surface area (Å²) < 4.78 is 0. The minimum Gasteiger partial charge on any atom is -0.238 e. The van der Waals surface area contributed by atoms with E-state index in [4.69, 9.17) is 11.6 Å². The van der Waals surface area contributed by atoms with Crippen LogP contribution in [0.1, 0.15) is 57.0 Å². The lowest BCUT2D eigenvalue weighted by atomic mass is 10.1. The van der Waals surface area contributed by atoms with Crippen LogP contribution in [0.15, 0.2) is 6.07 Å². The van der Waals surface area contributed by atoms with Crippen molar-refractivity contribution in [1.29, 1.82) is 0 Å². The standard InChI is InChI=1S/C13H19ClN2/c1-9(2)7-11-8-12(14)16-13(15-11)10-5-3-4-6-10/h8-10H,3-7H2,1-2H3. The minimum absolute atomic E-state index is 0.546. The highest BCUT2D eigenvalue weighted by molar-refractivity contribution is 6.29. The zero-order valence-corrected chi connectivity index (χ0v) is 10.8.